The molecular weight excluding hydrogens is 398 g/mol. The van der Waals surface area contributed by atoms with E-state index in [1.807, 2.05) is 0 Å². The van der Waals surface area contributed by atoms with Gasteiger partial charge in [-0.2, -0.15) is 0 Å². The molecule has 4 rings (SSSR count). The van der Waals surface area contributed by atoms with Gasteiger partial charge in [0, 0.05) is 22.1 Å². The van der Waals surface area contributed by atoms with Gasteiger partial charge in [0.1, 0.15) is 0 Å². The normalized spacial score (nSPS) is 10.3. The third-order valence-electron chi connectivity index (χ3n) is 4.35. The molecule has 0 spiro atoms. The zero-order chi connectivity index (χ0) is 19.3. The number of carbonyl (C=O) groups is 1. The zero-order valence-corrected chi connectivity index (χ0v) is 19.6. The summed E-state index contributed by atoms with van der Waals surface area (Å²) in [6.45, 7) is 0. The van der Waals surface area contributed by atoms with Crippen LogP contribution in [-0.4, -0.2) is 16.2 Å². The molecule has 1 aliphatic carbocycles. The summed E-state index contributed by atoms with van der Waals surface area (Å²) in [7, 11) is 0. The summed E-state index contributed by atoms with van der Waals surface area (Å²) >= 11 is 0. The number of aromatic carboxylic acids is 1. The maximum atomic E-state index is 11.8. The van der Waals surface area contributed by atoms with Crippen LogP contribution in [-0.2, 0) is 0 Å². The van der Waals surface area contributed by atoms with Crippen LogP contribution >= 0.6 is 0 Å². The van der Waals surface area contributed by atoms with E-state index in [0.29, 0.717) is 0 Å². The molecule has 7 nitrogen and oxygen atoms in total. The molecule has 0 saturated heterocycles. The predicted octanol–water partition coefficient (Wildman–Crippen LogP) is -4.58. The molecule has 0 fully saturated rings. The first-order valence-electron chi connectivity index (χ1n) is 7.82. The first-order chi connectivity index (χ1) is 12.9. The Morgan fingerprint density at radius 2 is 1.59 bits per heavy atom. The predicted molar refractivity (Wildman–Crippen MR) is 91.6 cm³/mol. The molecule has 2 aromatic carbocycles. The van der Waals surface area contributed by atoms with Crippen molar-refractivity contribution in [3.8, 4) is 39.7 Å². The SMILES string of the molecule is O=C([O-])c1ccccc1-c1c2ccc(=O)c(O)c-2oc2c(O)c([O-])ccc12.[Na+].[Na+]. The number of hydrogen-bond donors (Lipinski definition) is 2. The second-order valence-corrected chi connectivity index (χ2v) is 5.89. The topological polar surface area (TPSA) is 134 Å². The van der Waals surface area contributed by atoms with Crippen molar-refractivity contribution >= 4 is 16.9 Å². The van der Waals surface area contributed by atoms with Crippen LogP contribution < -0.4 is 74.8 Å². The van der Waals surface area contributed by atoms with Crippen LogP contribution in [0.5, 0.6) is 17.2 Å². The van der Waals surface area contributed by atoms with Crippen molar-refractivity contribution in [2.24, 2.45) is 0 Å². The summed E-state index contributed by atoms with van der Waals surface area (Å²) < 4.78 is 5.47. The third kappa shape index (κ3) is 3.77. The van der Waals surface area contributed by atoms with Crippen molar-refractivity contribution in [2.45, 2.75) is 0 Å². The van der Waals surface area contributed by atoms with Gasteiger partial charge in [-0.1, -0.05) is 42.1 Å². The van der Waals surface area contributed by atoms with Gasteiger partial charge in [-0.3, -0.25) is 4.79 Å². The van der Waals surface area contributed by atoms with E-state index < -0.39 is 28.6 Å². The fourth-order valence-electron chi connectivity index (χ4n) is 3.12. The Labute approximate surface area is 208 Å². The molecule has 2 N–H and O–H groups in total. The van der Waals surface area contributed by atoms with E-state index >= 15 is 0 Å². The van der Waals surface area contributed by atoms with Crippen LogP contribution in [0, 0.1) is 0 Å². The number of aromatic hydroxyl groups is 2. The Bertz CT molecular complexity index is 1260. The minimum absolute atomic E-state index is 0. The molecule has 0 aromatic heterocycles. The van der Waals surface area contributed by atoms with Crippen molar-refractivity contribution in [3.63, 3.8) is 0 Å². The molecule has 0 atom stereocenters. The smallest absolute Gasteiger partial charge is 0.870 e. The number of phenols is 2. The number of hydrogen-bond acceptors (Lipinski definition) is 7. The van der Waals surface area contributed by atoms with E-state index in [1.165, 1.54) is 30.3 Å². The molecule has 1 heterocycles. The molecule has 0 unspecified atom stereocenters. The van der Waals surface area contributed by atoms with Crippen molar-refractivity contribution < 1.29 is 88.8 Å². The van der Waals surface area contributed by atoms with E-state index in [9.17, 15) is 30.0 Å². The van der Waals surface area contributed by atoms with Gasteiger partial charge in [-0.15, -0.1) is 0 Å². The maximum Gasteiger partial charge on any atom is 1.00 e. The van der Waals surface area contributed by atoms with Crippen molar-refractivity contribution in [1.29, 1.82) is 0 Å². The van der Waals surface area contributed by atoms with E-state index in [4.69, 9.17) is 4.42 Å². The number of benzene rings is 3. The fraction of sp³-hybridized carbons (Fsp3) is 0. The second-order valence-electron chi connectivity index (χ2n) is 5.89. The van der Waals surface area contributed by atoms with Crippen LogP contribution in [0.1, 0.15) is 10.4 Å². The summed E-state index contributed by atoms with van der Waals surface area (Å²) in [5.41, 5.74) is -0.383. The van der Waals surface area contributed by atoms with Gasteiger partial charge in [0.05, 0.1) is 5.97 Å². The monoisotopic (exact) mass is 408 g/mol. The standard InChI is InChI=1S/C20H12O7.2Na/c21-13-7-5-11-15(9-3-1-2-4-10(9)20(25)26)12-6-8-14(22)17(24)19(12)27-18(11)16(13)23;;/h1-8,21,23-24H,(H,25,26);;/q;2*+1/p-2. The number of phenolic OH excluding ortho intramolecular Hbond substituents is 2. The van der Waals surface area contributed by atoms with E-state index in [-0.39, 0.29) is 98.1 Å². The fourth-order valence-corrected chi connectivity index (χ4v) is 3.12. The average molecular weight is 408 g/mol. The van der Waals surface area contributed by atoms with E-state index in [1.54, 1.807) is 6.07 Å². The molecule has 2 aromatic rings. The van der Waals surface area contributed by atoms with Gasteiger partial charge < -0.3 is 29.6 Å². The summed E-state index contributed by atoms with van der Waals surface area (Å²) in [5, 5.41) is 43.9. The van der Waals surface area contributed by atoms with Crippen molar-refractivity contribution in [2.75, 3.05) is 0 Å². The second kappa shape index (κ2) is 8.79. The van der Waals surface area contributed by atoms with Gasteiger partial charge in [-0.05, 0) is 17.7 Å². The number of carbonyl (C=O) groups excluding carboxylic acids is 1. The molecule has 0 amide bonds. The Morgan fingerprint density at radius 3 is 2.28 bits per heavy atom. The summed E-state index contributed by atoms with van der Waals surface area (Å²) in [4.78, 5) is 23.4. The van der Waals surface area contributed by atoms with Gasteiger partial charge in [0.15, 0.2) is 17.1 Å². The van der Waals surface area contributed by atoms with Gasteiger partial charge in [0.25, 0.3) is 0 Å². The Kier molecular flexibility index (Phi) is 7.06. The number of carboxylic acid groups (broad SMARTS) is 1. The van der Waals surface area contributed by atoms with Gasteiger partial charge in [-0.25, -0.2) is 0 Å². The molecule has 134 valence electrons. The van der Waals surface area contributed by atoms with Crippen LogP contribution in [0.2, 0.25) is 0 Å². The Balaban J connectivity index is 0.00000150. The largest absolute Gasteiger partial charge is 1.00 e. The molecule has 29 heavy (non-hydrogen) atoms. The number of carboxylic acids is 1. The average Bonchev–Trinajstić information content (AvgIpc) is 2.66. The number of rotatable bonds is 2. The van der Waals surface area contributed by atoms with Gasteiger partial charge >= 0.3 is 59.1 Å². The zero-order valence-electron chi connectivity index (χ0n) is 15.6. The molecule has 0 radical (unpaired) electrons. The molecule has 0 bridgehead atoms. The first kappa shape index (κ1) is 23.3. The minimum Gasteiger partial charge on any atom is -0.870 e. The van der Waals surface area contributed by atoms with E-state index in [0.717, 1.165) is 12.1 Å². The number of fused-ring (bicyclic) bond motifs is 2. The van der Waals surface area contributed by atoms with Crippen LogP contribution in [0.15, 0.2) is 57.7 Å². The Morgan fingerprint density at radius 1 is 0.897 bits per heavy atom. The quantitative estimate of drug-likeness (QED) is 0.252. The molecule has 1 aliphatic heterocycles. The van der Waals surface area contributed by atoms with Gasteiger partial charge in [0.2, 0.25) is 11.2 Å². The van der Waals surface area contributed by atoms with Crippen LogP contribution in [0.25, 0.3) is 33.4 Å². The summed E-state index contributed by atoms with van der Waals surface area (Å²) in [6, 6.07) is 11.0. The third-order valence-corrected chi connectivity index (χ3v) is 4.35. The van der Waals surface area contributed by atoms with Crippen LogP contribution in [0.4, 0.5) is 0 Å². The van der Waals surface area contributed by atoms with E-state index in [2.05, 4.69) is 0 Å². The first-order valence-corrected chi connectivity index (χ1v) is 7.82. The molecule has 2 aliphatic rings. The molecule has 9 heteroatoms. The summed E-state index contributed by atoms with van der Waals surface area (Å²) in [5.74, 6) is -3.84. The summed E-state index contributed by atoms with van der Waals surface area (Å²) in [6.07, 6.45) is 0. The maximum absolute atomic E-state index is 11.8. The van der Waals surface area contributed by atoms with Crippen molar-refractivity contribution in [3.05, 3.63) is 64.3 Å². The van der Waals surface area contributed by atoms with Crippen molar-refractivity contribution in [1.82, 2.24) is 0 Å². The minimum atomic E-state index is -1.43. The molecular formula is C20H10Na2O7. The Hall–Kier alpha value is -2.00. The molecule has 0 saturated carbocycles. The van der Waals surface area contributed by atoms with Crippen LogP contribution in [0.3, 0.4) is 0 Å².